The summed E-state index contributed by atoms with van der Waals surface area (Å²) in [5.41, 5.74) is 2.99. The van der Waals surface area contributed by atoms with Gasteiger partial charge in [0.1, 0.15) is 5.25 Å². The molecule has 1 saturated carbocycles. The highest BCUT2D eigenvalue weighted by Gasteiger charge is 2.30. The molecule has 4 rings (SSSR count). The molecule has 0 spiro atoms. The average molecular weight is 363 g/mol. The van der Waals surface area contributed by atoms with Crippen molar-refractivity contribution >= 4 is 28.7 Å². The molecule has 132 valence electrons. The van der Waals surface area contributed by atoms with Crippen LogP contribution in [0.15, 0.2) is 72.4 Å². The number of nitrogens with one attached hydrogen (secondary N) is 1. The van der Waals surface area contributed by atoms with Crippen LogP contribution in [0.3, 0.4) is 0 Å². The van der Waals surface area contributed by atoms with Gasteiger partial charge in [-0.3, -0.25) is 4.79 Å². The highest BCUT2D eigenvalue weighted by atomic mass is 32.2. The van der Waals surface area contributed by atoms with Crippen LogP contribution in [0.4, 0.5) is 0 Å². The smallest absolute Gasteiger partial charge is 0.238 e. The van der Waals surface area contributed by atoms with Gasteiger partial charge in [0.05, 0.1) is 11.0 Å². The summed E-state index contributed by atoms with van der Waals surface area (Å²) in [5, 5.41) is 3.66. The maximum absolute atomic E-state index is 12.9. The van der Waals surface area contributed by atoms with Gasteiger partial charge in [-0.15, -0.1) is 6.58 Å². The molecule has 1 aliphatic carbocycles. The highest BCUT2D eigenvalue weighted by molar-refractivity contribution is 8.00. The van der Waals surface area contributed by atoms with E-state index in [0.29, 0.717) is 12.6 Å². The topological polar surface area (TPSA) is 46.9 Å². The van der Waals surface area contributed by atoms with Crippen molar-refractivity contribution in [1.29, 1.82) is 0 Å². The lowest BCUT2D eigenvalue weighted by Crippen LogP contribution is -2.29. The Kier molecular flexibility index (Phi) is 4.80. The zero-order chi connectivity index (χ0) is 17.9. The lowest BCUT2D eigenvalue weighted by molar-refractivity contribution is -0.120. The number of amides is 1. The van der Waals surface area contributed by atoms with E-state index < -0.39 is 0 Å². The third-order valence-corrected chi connectivity index (χ3v) is 5.66. The fourth-order valence-electron chi connectivity index (χ4n) is 2.96. The van der Waals surface area contributed by atoms with Gasteiger partial charge in [-0.2, -0.15) is 0 Å². The predicted molar refractivity (Wildman–Crippen MR) is 106 cm³/mol. The first-order valence-corrected chi connectivity index (χ1v) is 9.72. The Morgan fingerprint density at radius 1 is 1.23 bits per heavy atom. The van der Waals surface area contributed by atoms with Crippen LogP contribution < -0.4 is 5.32 Å². The molecule has 0 saturated heterocycles. The number of nitrogens with zero attached hydrogens (tertiary/aromatic N) is 2. The van der Waals surface area contributed by atoms with E-state index in [9.17, 15) is 4.79 Å². The number of allylic oxidation sites excluding steroid dienone is 1. The maximum Gasteiger partial charge on any atom is 0.238 e. The molecule has 0 unspecified atom stereocenters. The minimum atomic E-state index is -0.322. The summed E-state index contributed by atoms with van der Waals surface area (Å²) >= 11 is 1.50. The number of hydrogen-bond acceptors (Lipinski definition) is 3. The van der Waals surface area contributed by atoms with Crippen molar-refractivity contribution in [3.63, 3.8) is 0 Å². The number of carbonyl (C=O) groups is 1. The molecule has 0 aliphatic heterocycles. The van der Waals surface area contributed by atoms with Gasteiger partial charge in [0.15, 0.2) is 5.16 Å². The van der Waals surface area contributed by atoms with Crippen LogP contribution in [0.25, 0.3) is 11.0 Å². The van der Waals surface area contributed by atoms with Crippen LogP contribution in [0.2, 0.25) is 0 Å². The number of thioether (sulfide) groups is 1. The quantitative estimate of drug-likeness (QED) is 0.502. The van der Waals surface area contributed by atoms with E-state index in [1.807, 2.05) is 54.6 Å². The van der Waals surface area contributed by atoms with Crippen molar-refractivity contribution in [3.05, 3.63) is 72.8 Å². The predicted octanol–water partition coefficient (Wildman–Crippen LogP) is 4.33. The number of fused-ring (bicyclic) bond motifs is 1. The zero-order valence-corrected chi connectivity index (χ0v) is 15.3. The van der Waals surface area contributed by atoms with Gasteiger partial charge in [0.2, 0.25) is 5.91 Å². The first-order valence-electron chi connectivity index (χ1n) is 8.84. The van der Waals surface area contributed by atoms with Crippen molar-refractivity contribution in [2.24, 2.45) is 0 Å². The molecule has 3 aromatic rings. The van der Waals surface area contributed by atoms with Gasteiger partial charge in [-0.05, 0) is 30.5 Å². The molecule has 1 heterocycles. The fourth-order valence-corrected chi connectivity index (χ4v) is 4.09. The van der Waals surface area contributed by atoms with Crippen molar-refractivity contribution in [1.82, 2.24) is 14.9 Å². The second-order valence-electron chi connectivity index (χ2n) is 6.47. The maximum atomic E-state index is 12.9. The van der Waals surface area contributed by atoms with E-state index >= 15 is 0 Å². The van der Waals surface area contributed by atoms with Crippen molar-refractivity contribution in [2.75, 3.05) is 0 Å². The molecular formula is C21H21N3OS. The van der Waals surface area contributed by atoms with Crippen LogP contribution in [0.5, 0.6) is 0 Å². The van der Waals surface area contributed by atoms with Gasteiger partial charge in [-0.25, -0.2) is 4.98 Å². The summed E-state index contributed by atoms with van der Waals surface area (Å²) in [5.74, 6) is 0.0564. The van der Waals surface area contributed by atoms with Crippen molar-refractivity contribution in [3.8, 4) is 0 Å². The molecule has 1 atom stereocenters. The van der Waals surface area contributed by atoms with Crippen molar-refractivity contribution < 1.29 is 4.79 Å². The number of aromatic nitrogens is 2. The van der Waals surface area contributed by atoms with E-state index in [4.69, 9.17) is 4.98 Å². The number of imidazole rings is 1. The second kappa shape index (κ2) is 7.38. The third kappa shape index (κ3) is 3.53. The molecule has 0 bridgehead atoms. The van der Waals surface area contributed by atoms with E-state index in [-0.39, 0.29) is 11.2 Å². The number of benzene rings is 2. The molecule has 1 N–H and O–H groups in total. The van der Waals surface area contributed by atoms with E-state index in [2.05, 4.69) is 22.5 Å². The number of para-hydroxylation sites is 2. The van der Waals surface area contributed by atoms with Crippen LogP contribution in [-0.4, -0.2) is 21.5 Å². The number of carbonyl (C=O) groups excluding carboxylic acids is 1. The second-order valence-corrected chi connectivity index (χ2v) is 7.55. The Morgan fingerprint density at radius 3 is 2.69 bits per heavy atom. The lowest BCUT2D eigenvalue weighted by Gasteiger charge is -2.17. The minimum absolute atomic E-state index is 0.0564. The number of hydrogen-bond donors (Lipinski definition) is 1. The fraction of sp³-hybridized carbons (Fsp3) is 0.238. The first kappa shape index (κ1) is 16.9. The Bertz CT molecular complexity index is 931. The average Bonchev–Trinajstić information content (AvgIpc) is 3.42. The summed E-state index contributed by atoms with van der Waals surface area (Å²) < 4.78 is 2.12. The summed E-state index contributed by atoms with van der Waals surface area (Å²) in [7, 11) is 0. The molecule has 1 fully saturated rings. The van der Waals surface area contributed by atoms with Crippen LogP contribution in [0.1, 0.15) is 23.7 Å². The SMILES string of the molecule is C=CCn1c(S[C@H](C(=O)NC2CC2)c2ccccc2)nc2ccccc21. The summed E-state index contributed by atoms with van der Waals surface area (Å²) in [6, 6.07) is 18.3. The molecule has 1 aromatic heterocycles. The molecular weight excluding hydrogens is 342 g/mol. The van der Waals surface area contributed by atoms with Gasteiger partial charge in [0.25, 0.3) is 0 Å². The Labute approximate surface area is 157 Å². The summed E-state index contributed by atoms with van der Waals surface area (Å²) in [6.45, 7) is 4.53. The highest BCUT2D eigenvalue weighted by Crippen LogP contribution is 2.37. The largest absolute Gasteiger partial charge is 0.352 e. The van der Waals surface area contributed by atoms with E-state index in [1.165, 1.54) is 11.8 Å². The molecule has 4 nitrogen and oxygen atoms in total. The molecule has 5 heteroatoms. The number of rotatable bonds is 7. The third-order valence-electron chi connectivity index (χ3n) is 4.42. The molecule has 0 radical (unpaired) electrons. The molecule has 1 amide bonds. The van der Waals surface area contributed by atoms with Crippen molar-refractivity contribution in [2.45, 2.75) is 35.8 Å². The first-order chi connectivity index (χ1) is 12.8. The zero-order valence-electron chi connectivity index (χ0n) is 14.5. The van der Waals surface area contributed by atoms with Gasteiger partial charge in [0, 0.05) is 12.6 Å². The van der Waals surface area contributed by atoms with Gasteiger partial charge < -0.3 is 9.88 Å². The van der Waals surface area contributed by atoms with Crippen LogP contribution in [0, 0.1) is 0 Å². The Morgan fingerprint density at radius 2 is 1.96 bits per heavy atom. The minimum Gasteiger partial charge on any atom is -0.352 e. The summed E-state index contributed by atoms with van der Waals surface area (Å²) in [4.78, 5) is 17.7. The monoisotopic (exact) mass is 363 g/mol. The summed E-state index contributed by atoms with van der Waals surface area (Å²) in [6.07, 6.45) is 4.01. The lowest BCUT2D eigenvalue weighted by atomic mass is 10.1. The normalized spacial score (nSPS) is 14.9. The van der Waals surface area contributed by atoms with E-state index in [0.717, 1.165) is 34.6 Å². The van der Waals surface area contributed by atoms with Gasteiger partial charge in [-0.1, -0.05) is 60.3 Å². The molecule has 2 aromatic carbocycles. The van der Waals surface area contributed by atoms with E-state index in [1.54, 1.807) is 0 Å². The van der Waals surface area contributed by atoms with Crippen LogP contribution >= 0.6 is 11.8 Å². The molecule has 26 heavy (non-hydrogen) atoms. The Hall–Kier alpha value is -2.53. The molecule has 1 aliphatic rings. The standard InChI is InChI=1S/C21H21N3OS/c1-2-14-24-18-11-7-6-10-17(18)23-21(24)26-19(15-8-4-3-5-9-15)20(25)22-16-12-13-16/h2-11,16,19H,1,12-14H2,(H,22,25)/t19-/m0/s1. The van der Waals surface area contributed by atoms with Crippen LogP contribution in [-0.2, 0) is 11.3 Å². The Balaban J connectivity index is 1.70. The van der Waals surface area contributed by atoms with Gasteiger partial charge >= 0.3 is 0 Å².